The number of carbonyl (C=O) groups is 1. The SMILES string of the molecule is CC(C)(CCC(=O)N1CCNCC1)c1ccccc1.Cl. The first-order valence-corrected chi connectivity index (χ1v) is 7.14. The lowest BCUT2D eigenvalue weighted by Gasteiger charge is -2.30. The fraction of sp³-hybridized carbons (Fsp3) is 0.562. The zero-order valence-electron chi connectivity index (χ0n) is 12.4. The maximum atomic E-state index is 12.2. The van der Waals surface area contributed by atoms with Crippen LogP contribution < -0.4 is 5.32 Å². The molecule has 0 unspecified atom stereocenters. The van der Waals surface area contributed by atoms with E-state index in [1.165, 1.54) is 5.56 Å². The number of hydrogen-bond acceptors (Lipinski definition) is 2. The minimum Gasteiger partial charge on any atom is -0.340 e. The van der Waals surface area contributed by atoms with Crippen LogP contribution >= 0.6 is 12.4 Å². The molecular formula is C16H25ClN2O. The minimum atomic E-state index is 0. The number of piperazine rings is 1. The van der Waals surface area contributed by atoms with Crippen LogP contribution in [0.2, 0.25) is 0 Å². The van der Waals surface area contributed by atoms with Crippen LogP contribution in [-0.4, -0.2) is 37.0 Å². The number of benzene rings is 1. The summed E-state index contributed by atoms with van der Waals surface area (Å²) >= 11 is 0. The van der Waals surface area contributed by atoms with Crippen molar-refractivity contribution in [2.75, 3.05) is 26.2 Å². The maximum absolute atomic E-state index is 12.2. The van der Waals surface area contributed by atoms with Gasteiger partial charge in [0.25, 0.3) is 0 Å². The molecule has 0 bridgehead atoms. The van der Waals surface area contributed by atoms with E-state index in [1.807, 2.05) is 11.0 Å². The average molecular weight is 297 g/mol. The van der Waals surface area contributed by atoms with Gasteiger partial charge in [0, 0.05) is 32.6 Å². The summed E-state index contributed by atoms with van der Waals surface area (Å²) in [7, 11) is 0. The van der Waals surface area contributed by atoms with Crippen LogP contribution in [0, 0.1) is 0 Å². The van der Waals surface area contributed by atoms with Crippen LogP contribution in [0.5, 0.6) is 0 Å². The molecule has 3 nitrogen and oxygen atoms in total. The Balaban J connectivity index is 0.00000200. The second-order valence-electron chi connectivity index (χ2n) is 5.88. The van der Waals surface area contributed by atoms with Crippen molar-refractivity contribution in [1.29, 1.82) is 0 Å². The Labute approximate surface area is 128 Å². The van der Waals surface area contributed by atoms with Gasteiger partial charge < -0.3 is 10.2 Å². The van der Waals surface area contributed by atoms with E-state index in [0.717, 1.165) is 32.6 Å². The van der Waals surface area contributed by atoms with Gasteiger partial charge in [0.15, 0.2) is 0 Å². The molecule has 0 radical (unpaired) electrons. The number of nitrogens with zero attached hydrogens (tertiary/aromatic N) is 1. The second-order valence-corrected chi connectivity index (χ2v) is 5.88. The van der Waals surface area contributed by atoms with Crippen LogP contribution in [0.3, 0.4) is 0 Å². The highest BCUT2D eigenvalue weighted by Crippen LogP contribution is 2.28. The summed E-state index contributed by atoms with van der Waals surface area (Å²) in [5, 5.41) is 3.27. The van der Waals surface area contributed by atoms with Gasteiger partial charge in [-0.3, -0.25) is 4.79 Å². The molecule has 1 aromatic rings. The highest BCUT2D eigenvalue weighted by Gasteiger charge is 2.23. The van der Waals surface area contributed by atoms with Gasteiger partial charge in [-0.25, -0.2) is 0 Å². The quantitative estimate of drug-likeness (QED) is 0.926. The third-order valence-electron chi connectivity index (χ3n) is 3.99. The van der Waals surface area contributed by atoms with E-state index in [-0.39, 0.29) is 17.8 Å². The van der Waals surface area contributed by atoms with E-state index in [4.69, 9.17) is 0 Å². The van der Waals surface area contributed by atoms with E-state index in [0.29, 0.717) is 12.3 Å². The summed E-state index contributed by atoms with van der Waals surface area (Å²) in [6.07, 6.45) is 1.54. The van der Waals surface area contributed by atoms with Crippen LogP contribution in [0.15, 0.2) is 30.3 Å². The molecule has 1 aliphatic heterocycles. The number of halogens is 1. The van der Waals surface area contributed by atoms with Crippen molar-refractivity contribution in [3.8, 4) is 0 Å². The van der Waals surface area contributed by atoms with Crippen LogP contribution in [-0.2, 0) is 10.2 Å². The highest BCUT2D eigenvalue weighted by molar-refractivity contribution is 5.85. The van der Waals surface area contributed by atoms with Crippen molar-refractivity contribution in [1.82, 2.24) is 10.2 Å². The molecule has 1 amide bonds. The molecule has 0 saturated carbocycles. The van der Waals surface area contributed by atoms with Crippen LogP contribution in [0.25, 0.3) is 0 Å². The Morgan fingerprint density at radius 1 is 1.20 bits per heavy atom. The first kappa shape index (κ1) is 17.0. The predicted octanol–water partition coefficient (Wildman–Crippen LogP) is 2.60. The third kappa shape index (κ3) is 4.50. The van der Waals surface area contributed by atoms with E-state index < -0.39 is 0 Å². The fourth-order valence-corrected chi connectivity index (χ4v) is 2.53. The van der Waals surface area contributed by atoms with Gasteiger partial charge in [-0.1, -0.05) is 44.2 Å². The van der Waals surface area contributed by atoms with Gasteiger partial charge >= 0.3 is 0 Å². The Morgan fingerprint density at radius 2 is 1.80 bits per heavy atom. The number of amides is 1. The molecule has 4 heteroatoms. The van der Waals surface area contributed by atoms with Gasteiger partial charge in [-0.05, 0) is 17.4 Å². The molecular weight excluding hydrogens is 272 g/mol. The van der Waals surface area contributed by atoms with E-state index in [2.05, 4.69) is 43.4 Å². The maximum Gasteiger partial charge on any atom is 0.222 e. The van der Waals surface area contributed by atoms with E-state index in [1.54, 1.807) is 0 Å². The van der Waals surface area contributed by atoms with Crippen molar-refractivity contribution in [2.24, 2.45) is 0 Å². The zero-order chi connectivity index (χ0) is 13.7. The minimum absolute atomic E-state index is 0. The van der Waals surface area contributed by atoms with Gasteiger partial charge in [-0.2, -0.15) is 0 Å². The Bertz CT molecular complexity index is 414. The van der Waals surface area contributed by atoms with Crippen LogP contribution in [0.4, 0.5) is 0 Å². The molecule has 0 aliphatic carbocycles. The first-order chi connectivity index (χ1) is 9.09. The lowest BCUT2D eigenvalue weighted by molar-refractivity contribution is -0.132. The van der Waals surface area contributed by atoms with Crippen LogP contribution in [0.1, 0.15) is 32.3 Å². The summed E-state index contributed by atoms with van der Waals surface area (Å²) < 4.78 is 0. The standard InChI is InChI=1S/C16H24N2O.ClH/c1-16(2,14-6-4-3-5-7-14)9-8-15(19)18-12-10-17-11-13-18;/h3-7,17H,8-13H2,1-2H3;1H. The summed E-state index contributed by atoms with van der Waals surface area (Å²) in [4.78, 5) is 14.2. The van der Waals surface area contributed by atoms with Crippen molar-refractivity contribution in [3.63, 3.8) is 0 Å². The van der Waals surface area contributed by atoms with Gasteiger partial charge in [0.2, 0.25) is 5.91 Å². The lowest BCUT2D eigenvalue weighted by atomic mass is 9.80. The molecule has 2 rings (SSSR count). The molecule has 0 aromatic heterocycles. The van der Waals surface area contributed by atoms with Crippen molar-refractivity contribution < 1.29 is 4.79 Å². The second kappa shape index (κ2) is 7.65. The normalized spacial score (nSPS) is 15.6. The number of nitrogens with one attached hydrogen (secondary N) is 1. The summed E-state index contributed by atoms with van der Waals surface area (Å²) in [5.74, 6) is 0.297. The Morgan fingerprint density at radius 3 is 2.40 bits per heavy atom. The summed E-state index contributed by atoms with van der Waals surface area (Å²) in [6, 6.07) is 10.5. The average Bonchev–Trinajstić information content (AvgIpc) is 2.47. The molecule has 1 saturated heterocycles. The third-order valence-corrected chi connectivity index (χ3v) is 3.99. The van der Waals surface area contributed by atoms with Gasteiger partial charge in [-0.15, -0.1) is 12.4 Å². The summed E-state index contributed by atoms with van der Waals surface area (Å²) in [5.41, 5.74) is 1.37. The van der Waals surface area contributed by atoms with Gasteiger partial charge in [0.1, 0.15) is 0 Å². The van der Waals surface area contributed by atoms with E-state index in [9.17, 15) is 4.79 Å². The molecule has 1 aromatic carbocycles. The number of hydrogen-bond donors (Lipinski definition) is 1. The molecule has 1 N–H and O–H groups in total. The number of rotatable bonds is 4. The molecule has 20 heavy (non-hydrogen) atoms. The number of carbonyl (C=O) groups excluding carboxylic acids is 1. The first-order valence-electron chi connectivity index (χ1n) is 7.14. The Kier molecular flexibility index (Phi) is 6.50. The monoisotopic (exact) mass is 296 g/mol. The molecule has 112 valence electrons. The van der Waals surface area contributed by atoms with E-state index >= 15 is 0 Å². The topological polar surface area (TPSA) is 32.3 Å². The molecule has 1 fully saturated rings. The smallest absolute Gasteiger partial charge is 0.222 e. The highest BCUT2D eigenvalue weighted by atomic mass is 35.5. The van der Waals surface area contributed by atoms with Crippen molar-refractivity contribution in [3.05, 3.63) is 35.9 Å². The molecule has 1 heterocycles. The lowest BCUT2D eigenvalue weighted by Crippen LogP contribution is -2.46. The molecule has 0 atom stereocenters. The molecule has 1 aliphatic rings. The largest absolute Gasteiger partial charge is 0.340 e. The van der Waals surface area contributed by atoms with Crippen molar-refractivity contribution >= 4 is 18.3 Å². The fourth-order valence-electron chi connectivity index (χ4n) is 2.53. The van der Waals surface area contributed by atoms with Gasteiger partial charge in [0.05, 0.1) is 0 Å². The zero-order valence-corrected chi connectivity index (χ0v) is 13.2. The Hall–Kier alpha value is -1.06. The van der Waals surface area contributed by atoms with Crippen molar-refractivity contribution in [2.45, 2.75) is 32.1 Å². The summed E-state index contributed by atoms with van der Waals surface area (Å²) in [6.45, 7) is 7.98. The molecule has 0 spiro atoms. The predicted molar refractivity (Wildman–Crippen MR) is 85.4 cm³/mol.